The Labute approximate surface area is 390 Å². The Bertz CT molecular complexity index is 3340. The number of fused-ring (bicyclic) bond motifs is 3. The van der Waals surface area contributed by atoms with Crippen LogP contribution in [-0.4, -0.2) is 23.1 Å². The molecule has 0 spiro atoms. The predicted octanol–water partition coefficient (Wildman–Crippen LogP) is 11.7. The zero-order valence-corrected chi connectivity index (χ0v) is 35.4. The number of nitrogens with zero attached hydrogens (tertiary/aromatic N) is 4. The van der Waals surface area contributed by atoms with E-state index in [9.17, 15) is 35.0 Å². The minimum absolute atomic E-state index is 0.157. The number of ketones is 4. The number of benzene rings is 8. The summed E-state index contributed by atoms with van der Waals surface area (Å²) in [5.41, 5.74) is -1.68. The first-order valence-corrected chi connectivity index (χ1v) is 20.7. The molecular formula is C57H26F4N4O4. The first-order chi connectivity index (χ1) is 33.2. The smallest absolute Gasteiger partial charge is 0.193 e. The van der Waals surface area contributed by atoms with Gasteiger partial charge < -0.3 is 0 Å². The molecule has 0 fully saturated rings. The molecule has 1 aliphatic rings. The molecule has 0 saturated heterocycles. The maximum absolute atomic E-state index is 15.0. The molecule has 8 aromatic carbocycles. The Morgan fingerprint density at radius 3 is 1.04 bits per heavy atom. The lowest BCUT2D eigenvalue weighted by Gasteiger charge is -2.35. The van der Waals surface area contributed by atoms with Crippen LogP contribution in [0.2, 0.25) is 0 Å². The van der Waals surface area contributed by atoms with Gasteiger partial charge in [0.1, 0.15) is 23.3 Å². The standard InChI is InChI=1S/C57H26F4N4O4/c1-65-48-26-41(25-47(61)27-48)56(69)40-17-39(55(68)36-12-33(30-64)15-46(60)24-36)20-43(21-40)57(51-8-4-2-6-49(51)50-7-3-5-9-52(50)57)42-18-37(53(66)34-10-31(28-62)13-44(58)22-34)16-38(19-42)54(67)35-11-32(29-63)14-45(59)23-35/h2-27H. The molecule has 326 valence electrons. The summed E-state index contributed by atoms with van der Waals surface area (Å²) in [4.78, 5) is 62.1. The Morgan fingerprint density at radius 2 is 0.710 bits per heavy atom. The van der Waals surface area contributed by atoms with Crippen LogP contribution in [0.3, 0.4) is 0 Å². The summed E-state index contributed by atoms with van der Waals surface area (Å²) in [6, 6.07) is 40.0. The van der Waals surface area contributed by atoms with Crippen LogP contribution in [0.4, 0.5) is 23.2 Å². The summed E-state index contributed by atoms with van der Waals surface area (Å²) < 4.78 is 60.0. The minimum atomic E-state index is -1.72. The number of halogens is 4. The summed E-state index contributed by atoms with van der Waals surface area (Å²) in [7, 11) is 0. The second kappa shape index (κ2) is 17.5. The van der Waals surface area contributed by atoms with E-state index >= 15 is 17.6 Å². The van der Waals surface area contributed by atoms with Crippen molar-refractivity contribution in [2.75, 3.05) is 0 Å². The van der Waals surface area contributed by atoms with Crippen molar-refractivity contribution >= 4 is 28.8 Å². The molecule has 0 unspecified atom stereocenters. The van der Waals surface area contributed by atoms with Gasteiger partial charge in [-0.2, -0.15) is 15.8 Å². The molecule has 9 rings (SSSR count). The Kier molecular flexibility index (Phi) is 11.2. The number of hydrogen-bond donors (Lipinski definition) is 0. The molecule has 0 aliphatic heterocycles. The summed E-state index contributed by atoms with van der Waals surface area (Å²) in [6.45, 7) is 7.53. The van der Waals surface area contributed by atoms with E-state index in [0.717, 1.165) is 48.5 Å². The van der Waals surface area contributed by atoms with E-state index in [2.05, 4.69) is 4.85 Å². The molecular weight excluding hydrogens is 881 g/mol. The lowest BCUT2D eigenvalue weighted by atomic mass is 9.66. The molecule has 0 N–H and O–H groups in total. The van der Waals surface area contributed by atoms with Crippen molar-refractivity contribution in [2.45, 2.75) is 5.41 Å². The van der Waals surface area contributed by atoms with Gasteiger partial charge in [-0.15, -0.1) is 0 Å². The normalized spacial score (nSPS) is 11.8. The van der Waals surface area contributed by atoms with Gasteiger partial charge in [0.25, 0.3) is 0 Å². The van der Waals surface area contributed by atoms with Gasteiger partial charge in [-0.1, -0.05) is 48.5 Å². The van der Waals surface area contributed by atoms with Crippen molar-refractivity contribution in [1.29, 1.82) is 15.8 Å². The zero-order chi connectivity index (χ0) is 48.7. The molecule has 8 aromatic rings. The molecule has 0 radical (unpaired) electrons. The van der Waals surface area contributed by atoms with E-state index in [1.165, 1.54) is 60.7 Å². The first-order valence-electron chi connectivity index (χ1n) is 20.7. The van der Waals surface area contributed by atoms with Crippen LogP contribution in [-0.2, 0) is 5.41 Å². The predicted molar refractivity (Wildman–Crippen MR) is 243 cm³/mol. The van der Waals surface area contributed by atoms with Gasteiger partial charge >= 0.3 is 0 Å². The van der Waals surface area contributed by atoms with Gasteiger partial charge in [-0.25, -0.2) is 22.4 Å². The second-order valence-corrected chi connectivity index (χ2v) is 16.1. The molecule has 0 aromatic heterocycles. The van der Waals surface area contributed by atoms with Gasteiger partial charge in [0.05, 0.1) is 46.9 Å². The third-order valence-electron chi connectivity index (χ3n) is 11.9. The molecule has 0 heterocycles. The Hall–Kier alpha value is -9.88. The molecule has 8 nitrogen and oxygen atoms in total. The van der Waals surface area contributed by atoms with E-state index in [1.807, 2.05) is 30.3 Å². The Morgan fingerprint density at radius 1 is 0.406 bits per heavy atom. The van der Waals surface area contributed by atoms with Crippen molar-refractivity contribution in [2.24, 2.45) is 0 Å². The van der Waals surface area contributed by atoms with Crippen LogP contribution in [0, 0.1) is 63.8 Å². The van der Waals surface area contributed by atoms with Crippen molar-refractivity contribution in [1.82, 2.24) is 0 Å². The van der Waals surface area contributed by atoms with Crippen LogP contribution < -0.4 is 0 Å². The maximum Gasteiger partial charge on any atom is 0.193 e. The number of rotatable bonds is 10. The Balaban J connectivity index is 1.41. The highest BCUT2D eigenvalue weighted by atomic mass is 19.1. The van der Waals surface area contributed by atoms with Gasteiger partial charge in [0, 0.05) is 44.5 Å². The highest BCUT2D eigenvalue weighted by Gasteiger charge is 2.47. The summed E-state index contributed by atoms with van der Waals surface area (Å²) >= 11 is 0. The molecule has 12 heteroatoms. The first kappa shape index (κ1) is 44.3. The van der Waals surface area contributed by atoms with Crippen molar-refractivity contribution in [3.8, 4) is 29.3 Å². The molecule has 0 bridgehead atoms. The van der Waals surface area contributed by atoms with Crippen LogP contribution in [0.1, 0.15) is 103 Å². The fraction of sp³-hybridized carbons (Fsp3) is 0.0175. The maximum atomic E-state index is 15.0. The second-order valence-electron chi connectivity index (χ2n) is 16.1. The highest BCUT2D eigenvalue weighted by Crippen LogP contribution is 2.56. The summed E-state index contributed by atoms with van der Waals surface area (Å²) in [6.07, 6.45) is 0. The van der Waals surface area contributed by atoms with Crippen molar-refractivity contribution in [3.63, 3.8) is 0 Å². The average molecular weight is 907 g/mol. The van der Waals surface area contributed by atoms with E-state index in [1.54, 1.807) is 36.4 Å². The van der Waals surface area contributed by atoms with Crippen LogP contribution >= 0.6 is 0 Å². The lowest BCUT2D eigenvalue weighted by Crippen LogP contribution is -2.30. The molecule has 1 aliphatic carbocycles. The SMILES string of the molecule is [C-]#[N+]c1cc(F)cc(C(=O)c2cc(C(=O)c3cc(F)cc(C#N)c3)cc(C3(c4cc(C(=O)c5cc(F)cc(C#N)c5)cc(C(=O)c5cc(F)cc(C#N)c5)c4)c4ccccc4-c4ccccc43)c2)c1. The zero-order valence-electron chi connectivity index (χ0n) is 35.4. The van der Waals surface area contributed by atoms with Gasteiger partial charge in [0.2, 0.25) is 0 Å². The summed E-state index contributed by atoms with van der Waals surface area (Å²) in [5, 5.41) is 29.1. The van der Waals surface area contributed by atoms with E-state index in [0.29, 0.717) is 22.3 Å². The number of hydrogen-bond acceptors (Lipinski definition) is 7. The third-order valence-corrected chi connectivity index (χ3v) is 11.9. The molecule has 0 amide bonds. The van der Waals surface area contributed by atoms with Crippen molar-refractivity contribution < 1.29 is 36.7 Å². The monoisotopic (exact) mass is 906 g/mol. The van der Waals surface area contributed by atoms with Crippen LogP contribution in [0.15, 0.2) is 158 Å². The topological polar surface area (TPSA) is 144 Å². The van der Waals surface area contributed by atoms with Gasteiger partial charge in [-0.3, -0.25) is 19.2 Å². The molecule has 0 atom stereocenters. The van der Waals surface area contributed by atoms with E-state index < -0.39 is 51.8 Å². The number of nitriles is 3. The van der Waals surface area contributed by atoms with Gasteiger partial charge in [0.15, 0.2) is 28.8 Å². The molecule has 0 saturated carbocycles. The highest BCUT2D eigenvalue weighted by molar-refractivity contribution is 6.15. The van der Waals surface area contributed by atoms with Crippen LogP contribution in [0.25, 0.3) is 16.0 Å². The fourth-order valence-electron chi connectivity index (χ4n) is 9.03. The number of carbonyl (C=O) groups is 4. The third kappa shape index (κ3) is 7.91. The lowest BCUT2D eigenvalue weighted by molar-refractivity contribution is 0.102. The van der Waals surface area contributed by atoms with E-state index in [-0.39, 0.29) is 78.0 Å². The average Bonchev–Trinajstić information content (AvgIpc) is 3.67. The fourth-order valence-corrected chi connectivity index (χ4v) is 9.03. The molecule has 69 heavy (non-hydrogen) atoms. The van der Waals surface area contributed by atoms with Crippen LogP contribution in [0.5, 0.6) is 0 Å². The summed E-state index contributed by atoms with van der Waals surface area (Å²) in [5.74, 6) is -6.93. The van der Waals surface area contributed by atoms with E-state index in [4.69, 9.17) is 6.57 Å². The number of carbonyl (C=O) groups excluding carboxylic acids is 4. The minimum Gasteiger partial charge on any atom is -0.289 e. The van der Waals surface area contributed by atoms with Gasteiger partial charge in [-0.05, 0) is 143 Å². The van der Waals surface area contributed by atoms with Crippen molar-refractivity contribution in [3.05, 3.63) is 276 Å². The quantitative estimate of drug-likeness (QED) is 0.0755. The largest absolute Gasteiger partial charge is 0.289 e.